The van der Waals surface area contributed by atoms with Gasteiger partial charge in [0.2, 0.25) is 10.0 Å². The quantitative estimate of drug-likeness (QED) is 0.641. The van der Waals surface area contributed by atoms with Crippen LogP contribution < -0.4 is 4.72 Å². The Bertz CT molecular complexity index is 358. The molecule has 0 heterocycles. The van der Waals surface area contributed by atoms with Gasteiger partial charge in [0.1, 0.15) is 0 Å². The van der Waals surface area contributed by atoms with Gasteiger partial charge in [0.05, 0.1) is 24.8 Å². The summed E-state index contributed by atoms with van der Waals surface area (Å²) in [7, 11) is -2.15. The topological polar surface area (TPSA) is 96.3 Å². The smallest absolute Gasteiger partial charge is 0.305 e. The van der Waals surface area contributed by atoms with Gasteiger partial charge in [-0.2, -0.15) is 5.26 Å². The molecule has 0 spiro atoms. The summed E-state index contributed by atoms with van der Waals surface area (Å²) < 4.78 is 29.4. The molecule has 0 aromatic carbocycles. The van der Waals surface area contributed by atoms with Gasteiger partial charge in [-0.15, -0.1) is 0 Å². The fourth-order valence-electron chi connectivity index (χ4n) is 0.878. The number of rotatable bonds is 7. The van der Waals surface area contributed by atoms with Gasteiger partial charge >= 0.3 is 5.97 Å². The van der Waals surface area contributed by atoms with Gasteiger partial charge in [-0.1, -0.05) is 0 Å². The van der Waals surface area contributed by atoms with Crippen molar-refractivity contribution in [3.63, 3.8) is 0 Å². The van der Waals surface area contributed by atoms with Gasteiger partial charge in [-0.3, -0.25) is 4.79 Å². The number of nitriles is 1. The Morgan fingerprint density at radius 2 is 2.19 bits per heavy atom. The summed E-state index contributed by atoms with van der Waals surface area (Å²) in [4.78, 5) is 10.7. The van der Waals surface area contributed by atoms with Crippen molar-refractivity contribution in [1.29, 1.82) is 5.26 Å². The second-order valence-electron chi connectivity index (χ2n) is 3.38. The standard InChI is InChI=1S/C9H16N2O4S/c1-8(6-10)7-11-16(13,14)5-3-4-9(12)15-2/h8,11H,3-5,7H2,1-2H3. The van der Waals surface area contributed by atoms with Crippen LogP contribution in [0.4, 0.5) is 0 Å². The van der Waals surface area contributed by atoms with E-state index in [9.17, 15) is 13.2 Å². The second kappa shape index (κ2) is 7.19. The van der Waals surface area contributed by atoms with Crippen molar-refractivity contribution in [3.8, 4) is 6.07 Å². The van der Waals surface area contributed by atoms with Gasteiger partial charge in [-0.05, 0) is 13.3 Å². The molecule has 7 heteroatoms. The summed E-state index contributed by atoms with van der Waals surface area (Å²) in [6.45, 7) is 1.72. The monoisotopic (exact) mass is 248 g/mol. The number of hydrogen-bond donors (Lipinski definition) is 1. The molecule has 0 aromatic heterocycles. The first-order chi connectivity index (χ1) is 7.41. The van der Waals surface area contributed by atoms with Crippen LogP contribution >= 0.6 is 0 Å². The Hall–Kier alpha value is -1.13. The Kier molecular flexibility index (Phi) is 6.69. The molecule has 16 heavy (non-hydrogen) atoms. The third-order valence-electron chi connectivity index (χ3n) is 1.85. The molecule has 0 radical (unpaired) electrons. The molecule has 6 nitrogen and oxygen atoms in total. The lowest BCUT2D eigenvalue weighted by Crippen LogP contribution is -2.30. The minimum atomic E-state index is -3.40. The van der Waals surface area contributed by atoms with Crippen LogP contribution in [-0.2, 0) is 19.6 Å². The highest BCUT2D eigenvalue weighted by Crippen LogP contribution is 1.98. The first-order valence-corrected chi connectivity index (χ1v) is 6.50. The zero-order valence-electron chi connectivity index (χ0n) is 9.39. The van der Waals surface area contributed by atoms with E-state index in [0.717, 1.165) is 0 Å². The normalized spacial score (nSPS) is 12.8. The van der Waals surface area contributed by atoms with E-state index in [0.29, 0.717) is 0 Å². The number of methoxy groups -OCH3 is 1. The predicted molar refractivity (Wildman–Crippen MR) is 57.8 cm³/mol. The fourth-order valence-corrected chi connectivity index (χ4v) is 2.05. The number of esters is 1. The maximum Gasteiger partial charge on any atom is 0.305 e. The van der Waals surface area contributed by atoms with Crippen LogP contribution in [0.2, 0.25) is 0 Å². The Morgan fingerprint density at radius 1 is 1.56 bits per heavy atom. The molecule has 0 rings (SSSR count). The lowest BCUT2D eigenvalue weighted by atomic mass is 10.2. The Balaban J connectivity index is 3.89. The molecular weight excluding hydrogens is 232 g/mol. The van der Waals surface area contributed by atoms with Crippen molar-refractivity contribution < 1.29 is 17.9 Å². The maximum atomic E-state index is 11.3. The highest BCUT2D eigenvalue weighted by molar-refractivity contribution is 7.89. The number of nitrogens with zero attached hydrogens (tertiary/aromatic N) is 1. The van der Waals surface area contributed by atoms with Crippen molar-refractivity contribution in [2.24, 2.45) is 5.92 Å². The number of carbonyl (C=O) groups excluding carboxylic acids is 1. The zero-order chi connectivity index (χ0) is 12.6. The van der Waals surface area contributed by atoms with Crippen LogP contribution in [0.5, 0.6) is 0 Å². The summed E-state index contributed by atoms with van der Waals surface area (Å²) in [5.41, 5.74) is 0. The van der Waals surface area contributed by atoms with Crippen LogP contribution in [-0.4, -0.2) is 33.8 Å². The average Bonchev–Trinajstić information content (AvgIpc) is 2.25. The molecule has 0 aliphatic carbocycles. The summed E-state index contributed by atoms with van der Waals surface area (Å²) in [5.74, 6) is -0.934. The summed E-state index contributed by atoms with van der Waals surface area (Å²) in [5, 5.41) is 8.47. The Morgan fingerprint density at radius 3 is 2.69 bits per heavy atom. The SMILES string of the molecule is COC(=O)CCCS(=O)(=O)NCC(C)C#N. The van der Waals surface area contributed by atoms with Crippen molar-refractivity contribution in [2.75, 3.05) is 19.4 Å². The van der Waals surface area contributed by atoms with E-state index in [-0.39, 0.29) is 31.1 Å². The van der Waals surface area contributed by atoms with E-state index in [2.05, 4.69) is 9.46 Å². The molecule has 1 atom stereocenters. The molecule has 92 valence electrons. The molecule has 0 fully saturated rings. The number of carbonyl (C=O) groups is 1. The van der Waals surface area contributed by atoms with E-state index in [1.165, 1.54) is 7.11 Å². The molecule has 0 bridgehead atoms. The largest absolute Gasteiger partial charge is 0.469 e. The molecule has 1 N–H and O–H groups in total. The number of hydrogen-bond acceptors (Lipinski definition) is 5. The van der Waals surface area contributed by atoms with Gasteiger partial charge in [0, 0.05) is 13.0 Å². The third kappa shape index (κ3) is 7.20. The minimum Gasteiger partial charge on any atom is -0.469 e. The van der Waals surface area contributed by atoms with E-state index >= 15 is 0 Å². The maximum absolute atomic E-state index is 11.3. The highest BCUT2D eigenvalue weighted by Gasteiger charge is 2.12. The van der Waals surface area contributed by atoms with Crippen LogP contribution in [0.25, 0.3) is 0 Å². The van der Waals surface area contributed by atoms with Gasteiger partial charge in [0.25, 0.3) is 0 Å². The molecule has 0 aliphatic heterocycles. The lowest BCUT2D eigenvalue weighted by molar-refractivity contribution is -0.140. The van der Waals surface area contributed by atoms with Crippen LogP contribution in [0.15, 0.2) is 0 Å². The first-order valence-electron chi connectivity index (χ1n) is 4.85. The second-order valence-corrected chi connectivity index (χ2v) is 5.30. The minimum absolute atomic E-state index is 0.0746. The van der Waals surface area contributed by atoms with E-state index in [4.69, 9.17) is 5.26 Å². The van der Waals surface area contributed by atoms with Crippen molar-refractivity contribution in [3.05, 3.63) is 0 Å². The van der Waals surface area contributed by atoms with Gasteiger partial charge in [0.15, 0.2) is 0 Å². The molecule has 0 saturated carbocycles. The molecule has 0 aromatic rings. The first kappa shape index (κ1) is 14.9. The fraction of sp³-hybridized carbons (Fsp3) is 0.778. The highest BCUT2D eigenvalue weighted by atomic mass is 32.2. The summed E-state index contributed by atoms with van der Waals surface area (Å²) in [6.07, 6.45) is 0.286. The number of sulfonamides is 1. The summed E-state index contributed by atoms with van der Waals surface area (Å²) in [6, 6.07) is 1.92. The summed E-state index contributed by atoms with van der Waals surface area (Å²) >= 11 is 0. The van der Waals surface area contributed by atoms with Crippen LogP contribution in [0.1, 0.15) is 19.8 Å². The number of ether oxygens (including phenoxy) is 1. The predicted octanol–water partition coefficient (Wildman–Crippen LogP) is 0.0187. The molecular formula is C9H16N2O4S. The third-order valence-corrected chi connectivity index (χ3v) is 3.28. The van der Waals surface area contributed by atoms with E-state index in [1.807, 2.05) is 6.07 Å². The molecule has 0 aliphatic rings. The van der Waals surface area contributed by atoms with Crippen molar-refractivity contribution >= 4 is 16.0 Å². The average molecular weight is 248 g/mol. The van der Waals surface area contributed by atoms with Gasteiger partial charge < -0.3 is 4.74 Å². The van der Waals surface area contributed by atoms with Crippen LogP contribution in [0, 0.1) is 17.2 Å². The zero-order valence-corrected chi connectivity index (χ0v) is 10.2. The molecule has 0 amide bonds. The lowest BCUT2D eigenvalue weighted by Gasteiger charge is -2.06. The van der Waals surface area contributed by atoms with Crippen molar-refractivity contribution in [2.45, 2.75) is 19.8 Å². The van der Waals surface area contributed by atoms with E-state index < -0.39 is 16.0 Å². The van der Waals surface area contributed by atoms with Gasteiger partial charge in [-0.25, -0.2) is 13.1 Å². The number of nitrogens with one attached hydrogen (secondary N) is 1. The Labute approximate surface area is 95.6 Å². The van der Waals surface area contributed by atoms with Crippen LogP contribution in [0.3, 0.4) is 0 Å². The molecule has 0 saturated heterocycles. The van der Waals surface area contributed by atoms with E-state index in [1.54, 1.807) is 6.92 Å². The van der Waals surface area contributed by atoms with Crippen molar-refractivity contribution in [1.82, 2.24) is 4.72 Å². The molecule has 1 unspecified atom stereocenters.